The molecule has 0 unspecified atom stereocenters. The smallest absolute Gasteiger partial charge is 0.336 e. The summed E-state index contributed by atoms with van der Waals surface area (Å²) in [5.41, 5.74) is -0.0193. The number of nitrogens with one attached hydrogen (secondary N) is 1. The molecule has 2 aromatic heterocycles. The van der Waals surface area contributed by atoms with Crippen molar-refractivity contribution in [1.82, 2.24) is 4.72 Å². The van der Waals surface area contributed by atoms with E-state index < -0.39 is 16.0 Å². The van der Waals surface area contributed by atoms with E-state index in [-0.39, 0.29) is 15.8 Å². The van der Waals surface area contributed by atoms with Crippen LogP contribution in [0.5, 0.6) is 0 Å². The molecule has 0 aromatic carbocycles. The van der Waals surface area contributed by atoms with Crippen LogP contribution in [0.1, 0.15) is 28.2 Å². The standard InChI is InChI=1S/C11H11NO4S3/c1-7(9-3-2-4-17-9)12-19(15,16)10-5-8(6-18-10)11(13)14/h2-7,12H,1H3,(H,13,14)/t7-/m0/s1. The molecule has 0 saturated heterocycles. The maximum atomic E-state index is 12.1. The minimum Gasteiger partial charge on any atom is -0.478 e. The first kappa shape index (κ1) is 14.2. The predicted molar refractivity (Wildman–Crippen MR) is 74.3 cm³/mol. The van der Waals surface area contributed by atoms with Crippen LogP contribution in [-0.2, 0) is 10.0 Å². The second-order valence-electron chi connectivity index (χ2n) is 3.82. The van der Waals surface area contributed by atoms with Crippen LogP contribution in [0, 0.1) is 0 Å². The van der Waals surface area contributed by atoms with Crippen molar-refractivity contribution in [3.63, 3.8) is 0 Å². The van der Waals surface area contributed by atoms with Crippen molar-refractivity contribution in [3.8, 4) is 0 Å². The SMILES string of the molecule is C[C@H](NS(=O)(=O)c1cc(C(=O)O)cs1)c1cccs1. The number of carboxylic acids is 1. The summed E-state index contributed by atoms with van der Waals surface area (Å²) < 4.78 is 26.7. The van der Waals surface area contributed by atoms with E-state index >= 15 is 0 Å². The highest BCUT2D eigenvalue weighted by Gasteiger charge is 2.22. The van der Waals surface area contributed by atoms with Crippen LogP contribution in [0.2, 0.25) is 0 Å². The Balaban J connectivity index is 2.20. The maximum absolute atomic E-state index is 12.1. The number of aromatic carboxylic acids is 1. The Morgan fingerprint density at radius 3 is 2.68 bits per heavy atom. The number of rotatable bonds is 5. The van der Waals surface area contributed by atoms with Gasteiger partial charge in [-0.05, 0) is 24.4 Å². The lowest BCUT2D eigenvalue weighted by Crippen LogP contribution is -2.25. The van der Waals surface area contributed by atoms with Gasteiger partial charge in [0.15, 0.2) is 0 Å². The third kappa shape index (κ3) is 3.21. The zero-order valence-electron chi connectivity index (χ0n) is 9.86. The van der Waals surface area contributed by atoms with Gasteiger partial charge in [-0.3, -0.25) is 0 Å². The van der Waals surface area contributed by atoms with Crippen LogP contribution in [0.3, 0.4) is 0 Å². The van der Waals surface area contributed by atoms with Crippen molar-refractivity contribution in [2.75, 3.05) is 0 Å². The molecule has 2 aromatic rings. The summed E-state index contributed by atoms with van der Waals surface area (Å²) in [6, 6.07) is 4.50. The maximum Gasteiger partial charge on any atom is 0.336 e. The minimum absolute atomic E-state index is 0.00769. The van der Waals surface area contributed by atoms with E-state index in [2.05, 4.69) is 4.72 Å². The Morgan fingerprint density at radius 1 is 1.42 bits per heavy atom. The number of carboxylic acid groups (broad SMARTS) is 1. The van der Waals surface area contributed by atoms with Gasteiger partial charge in [-0.15, -0.1) is 22.7 Å². The summed E-state index contributed by atoms with van der Waals surface area (Å²) in [7, 11) is -3.69. The van der Waals surface area contributed by atoms with E-state index in [1.165, 1.54) is 16.7 Å². The van der Waals surface area contributed by atoms with E-state index in [1.807, 2.05) is 17.5 Å². The number of hydrogen-bond donors (Lipinski definition) is 2. The van der Waals surface area contributed by atoms with Gasteiger partial charge < -0.3 is 5.11 Å². The lowest BCUT2D eigenvalue weighted by atomic mass is 10.3. The zero-order chi connectivity index (χ0) is 14.0. The molecular weight excluding hydrogens is 306 g/mol. The molecule has 102 valence electrons. The topological polar surface area (TPSA) is 83.5 Å². The number of carbonyl (C=O) groups is 1. The molecule has 0 spiro atoms. The average molecular weight is 317 g/mol. The highest BCUT2D eigenvalue weighted by atomic mass is 32.2. The lowest BCUT2D eigenvalue weighted by Gasteiger charge is -2.11. The van der Waals surface area contributed by atoms with Crippen molar-refractivity contribution >= 4 is 38.7 Å². The van der Waals surface area contributed by atoms with Gasteiger partial charge in [0.25, 0.3) is 10.0 Å². The van der Waals surface area contributed by atoms with Crippen LogP contribution >= 0.6 is 22.7 Å². The number of thiophene rings is 2. The van der Waals surface area contributed by atoms with Crippen LogP contribution in [-0.4, -0.2) is 19.5 Å². The van der Waals surface area contributed by atoms with Crippen molar-refractivity contribution in [2.24, 2.45) is 0 Å². The van der Waals surface area contributed by atoms with Gasteiger partial charge in [0.05, 0.1) is 11.6 Å². The molecule has 2 rings (SSSR count). The van der Waals surface area contributed by atoms with E-state index in [0.717, 1.165) is 22.3 Å². The molecule has 5 nitrogen and oxygen atoms in total. The highest BCUT2D eigenvalue weighted by Crippen LogP contribution is 2.24. The van der Waals surface area contributed by atoms with Gasteiger partial charge in [0.1, 0.15) is 4.21 Å². The Hall–Kier alpha value is -1.22. The Morgan fingerprint density at radius 2 is 2.16 bits per heavy atom. The lowest BCUT2D eigenvalue weighted by molar-refractivity contribution is 0.0697. The highest BCUT2D eigenvalue weighted by molar-refractivity contribution is 7.91. The van der Waals surface area contributed by atoms with Gasteiger partial charge in [-0.2, -0.15) is 0 Å². The molecule has 19 heavy (non-hydrogen) atoms. The molecule has 8 heteroatoms. The third-order valence-electron chi connectivity index (χ3n) is 2.39. The molecule has 1 atom stereocenters. The Bertz CT molecular complexity index is 673. The van der Waals surface area contributed by atoms with E-state index in [4.69, 9.17) is 5.11 Å². The monoisotopic (exact) mass is 317 g/mol. The second kappa shape index (κ2) is 5.41. The van der Waals surface area contributed by atoms with Gasteiger partial charge in [-0.1, -0.05) is 6.07 Å². The molecule has 2 heterocycles. The van der Waals surface area contributed by atoms with Crippen molar-refractivity contribution in [2.45, 2.75) is 17.2 Å². The van der Waals surface area contributed by atoms with Crippen LogP contribution in [0.4, 0.5) is 0 Å². The molecule has 0 amide bonds. The fourth-order valence-corrected chi connectivity index (χ4v) is 4.66. The Labute approximate surface area is 118 Å². The first-order valence-corrected chi connectivity index (χ1v) is 8.52. The molecule has 2 N–H and O–H groups in total. The van der Waals surface area contributed by atoms with Gasteiger partial charge in [0.2, 0.25) is 0 Å². The molecular formula is C11H11NO4S3. The average Bonchev–Trinajstić information content (AvgIpc) is 3.00. The fraction of sp³-hybridized carbons (Fsp3) is 0.182. The summed E-state index contributed by atoms with van der Waals surface area (Å²) >= 11 is 2.36. The molecule has 0 bridgehead atoms. The van der Waals surface area contributed by atoms with Crippen molar-refractivity contribution in [3.05, 3.63) is 39.4 Å². The predicted octanol–water partition coefficient (Wildman–Crippen LogP) is 2.55. The largest absolute Gasteiger partial charge is 0.478 e. The normalized spacial score (nSPS) is 13.3. The first-order chi connectivity index (χ1) is 8.90. The minimum atomic E-state index is -3.69. The second-order valence-corrected chi connectivity index (χ2v) is 7.65. The van der Waals surface area contributed by atoms with Crippen LogP contribution in [0.15, 0.2) is 33.2 Å². The first-order valence-electron chi connectivity index (χ1n) is 5.28. The summed E-state index contributed by atoms with van der Waals surface area (Å²) in [5, 5.41) is 12.0. The molecule has 0 aliphatic heterocycles. The fourth-order valence-electron chi connectivity index (χ4n) is 1.46. The van der Waals surface area contributed by atoms with Crippen LogP contribution in [0.25, 0.3) is 0 Å². The van der Waals surface area contributed by atoms with Crippen molar-refractivity contribution in [1.29, 1.82) is 0 Å². The Kier molecular flexibility index (Phi) is 4.04. The van der Waals surface area contributed by atoms with E-state index in [9.17, 15) is 13.2 Å². The van der Waals surface area contributed by atoms with Gasteiger partial charge >= 0.3 is 5.97 Å². The molecule has 0 aliphatic carbocycles. The third-order valence-corrected chi connectivity index (χ3v) is 6.42. The van der Waals surface area contributed by atoms with Crippen LogP contribution < -0.4 is 4.72 Å². The van der Waals surface area contributed by atoms with E-state index in [1.54, 1.807) is 6.92 Å². The summed E-state index contributed by atoms with van der Waals surface area (Å²) in [6.45, 7) is 1.75. The summed E-state index contributed by atoms with van der Waals surface area (Å²) in [6.07, 6.45) is 0. The summed E-state index contributed by atoms with van der Waals surface area (Å²) in [5.74, 6) is -1.14. The van der Waals surface area contributed by atoms with E-state index in [0.29, 0.717) is 0 Å². The quantitative estimate of drug-likeness (QED) is 0.887. The summed E-state index contributed by atoms with van der Waals surface area (Å²) in [4.78, 5) is 11.6. The van der Waals surface area contributed by atoms with Gasteiger partial charge in [0, 0.05) is 10.3 Å². The molecule has 0 fully saturated rings. The molecule has 0 aliphatic rings. The molecule has 0 saturated carbocycles. The zero-order valence-corrected chi connectivity index (χ0v) is 12.3. The number of hydrogen-bond acceptors (Lipinski definition) is 5. The van der Waals surface area contributed by atoms with Crippen molar-refractivity contribution < 1.29 is 18.3 Å². The molecule has 0 radical (unpaired) electrons. The number of sulfonamides is 1. The van der Waals surface area contributed by atoms with Gasteiger partial charge in [-0.25, -0.2) is 17.9 Å².